The van der Waals surface area contributed by atoms with Gasteiger partial charge in [0.15, 0.2) is 0 Å². The van der Waals surface area contributed by atoms with Crippen molar-refractivity contribution in [3.63, 3.8) is 0 Å². The van der Waals surface area contributed by atoms with Crippen molar-refractivity contribution in [2.75, 3.05) is 13.1 Å². The van der Waals surface area contributed by atoms with Gasteiger partial charge in [-0.1, -0.05) is 32.6 Å². The van der Waals surface area contributed by atoms with Crippen molar-refractivity contribution in [2.45, 2.75) is 45.4 Å². The van der Waals surface area contributed by atoms with Gasteiger partial charge in [0.25, 0.3) is 0 Å². The average molecular weight is 181 g/mol. The summed E-state index contributed by atoms with van der Waals surface area (Å²) in [5.74, 6) is 3.14. The lowest BCUT2D eigenvalue weighted by molar-refractivity contribution is 0.120. The fourth-order valence-electron chi connectivity index (χ4n) is 3.16. The maximum atomic E-state index is 3.55. The van der Waals surface area contributed by atoms with Crippen LogP contribution < -0.4 is 5.32 Å². The van der Waals surface area contributed by atoms with Crippen molar-refractivity contribution in [1.29, 1.82) is 0 Å². The van der Waals surface area contributed by atoms with Crippen molar-refractivity contribution in [1.82, 2.24) is 5.32 Å². The molecule has 0 aromatic rings. The maximum Gasteiger partial charge on any atom is -0.00178 e. The standard InChI is InChI=1S/C12H23N/c1-2-12(10-5-3-6-10)11-7-4-8-13-9-11/h10-13H,2-9H2,1H3. The molecule has 1 saturated heterocycles. The van der Waals surface area contributed by atoms with Crippen molar-refractivity contribution in [3.8, 4) is 0 Å². The van der Waals surface area contributed by atoms with Gasteiger partial charge in [-0.25, -0.2) is 0 Å². The molecule has 1 aliphatic carbocycles. The number of rotatable bonds is 3. The van der Waals surface area contributed by atoms with Gasteiger partial charge in [-0.2, -0.15) is 0 Å². The van der Waals surface area contributed by atoms with Crippen LogP contribution in [0.4, 0.5) is 0 Å². The molecule has 1 N–H and O–H groups in total. The quantitative estimate of drug-likeness (QED) is 0.706. The molecule has 0 aromatic heterocycles. The summed E-state index contributed by atoms with van der Waals surface area (Å²) in [5, 5.41) is 3.55. The molecule has 0 bridgehead atoms. The van der Waals surface area contributed by atoms with Gasteiger partial charge in [0.2, 0.25) is 0 Å². The van der Waals surface area contributed by atoms with E-state index in [0.29, 0.717) is 0 Å². The zero-order valence-corrected chi connectivity index (χ0v) is 8.89. The number of nitrogens with one attached hydrogen (secondary N) is 1. The van der Waals surface area contributed by atoms with Crippen LogP contribution in [-0.4, -0.2) is 13.1 Å². The summed E-state index contributed by atoms with van der Waals surface area (Å²) in [6.07, 6.45) is 8.86. The summed E-state index contributed by atoms with van der Waals surface area (Å²) in [4.78, 5) is 0. The van der Waals surface area contributed by atoms with Crippen LogP contribution >= 0.6 is 0 Å². The Balaban J connectivity index is 1.86. The Morgan fingerprint density at radius 3 is 2.38 bits per heavy atom. The minimum absolute atomic E-state index is 1.00. The molecule has 1 aliphatic heterocycles. The molecule has 13 heavy (non-hydrogen) atoms. The Morgan fingerprint density at radius 1 is 1.15 bits per heavy atom. The van der Waals surface area contributed by atoms with E-state index in [4.69, 9.17) is 0 Å². The average Bonchev–Trinajstić information content (AvgIpc) is 2.12. The normalized spacial score (nSPS) is 32.5. The first kappa shape index (κ1) is 9.51. The van der Waals surface area contributed by atoms with Crippen LogP contribution in [-0.2, 0) is 0 Å². The van der Waals surface area contributed by atoms with E-state index in [1.54, 1.807) is 0 Å². The highest BCUT2D eigenvalue weighted by Gasteiger charge is 2.32. The zero-order valence-electron chi connectivity index (χ0n) is 8.89. The molecule has 1 nitrogen and oxygen atoms in total. The Morgan fingerprint density at radius 2 is 1.92 bits per heavy atom. The van der Waals surface area contributed by atoms with Gasteiger partial charge in [-0.3, -0.25) is 0 Å². The predicted molar refractivity (Wildman–Crippen MR) is 56.7 cm³/mol. The zero-order chi connectivity index (χ0) is 9.10. The number of hydrogen-bond acceptors (Lipinski definition) is 1. The third-order valence-corrected chi connectivity index (χ3v) is 4.17. The van der Waals surface area contributed by atoms with Crippen LogP contribution in [0.15, 0.2) is 0 Å². The van der Waals surface area contributed by atoms with E-state index in [9.17, 15) is 0 Å². The fourth-order valence-corrected chi connectivity index (χ4v) is 3.16. The summed E-state index contributed by atoms with van der Waals surface area (Å²) in [6, 6.07) is 0. The third kappa shape index (κ3) is 2.07. The van der Waals surface area contributed by atoms with Crippen LogP contribution in [0.5, 0.6) is 0 Å². The first-order chi connectivity index (χ1) is 6.42. The van der Waals surface area contributed by atoms with Gasteiger partial charge in [-0.05, 0) is 43.7 Å². The SMILES string of the molecule is CCC(C1CCC1)C1CCCNC1. The van der Waals surface area contributed by atoms with Crippen LogP contribution in [0.1, 0.15) is 45.4 Å². The summed E-state index contributed by atoms with van der Waals surface area (Å²) in [6.45, 7) is 4.95. The Kier molecular flexibility index (Phi) is 3.26. The van der Waals surface area contributed by atoms with E-state index in [2.05, 4.69) is 12.2 Å². The van der Waals surface area contributed by atoms with Crippen molar-refractivity contribution < 1.29 is 0 Å². The highest BCUT2D eigenvalue weighted by atomic mass is 14.9. The Labute approximate surface area is 82.3 Å². The molecule has 2 atom stereocenters. The molecule has 2 aliphatic rings. The molecule has 2 unspecified atom stereocenters. The predicted octanol–water partition coefficient (Wildman–Crippen LogP) is 2.81. The van der Waals surface area contributed by atoms with Crippen molar-refractivity contribution in [3.05, 3.63) is 0 Å². The van der Waals surface area contributed by atoms with Gasteiger partial charge in [0.05, 0.1) is 0 Å². The molecule has 0 radical (unpaired) electrons. The lowest BCUT2D eigenvalue weighted by Gasteiger charge is -2.40. The van der Waals surface area contributed by atoms with Crippen LogP contribution in [0, 0.1) is 17.8 Å². The van der Waals surface area contributed by atoms with Crippen molar-refractivity contribution in [2.24, 2.45) is 17.8 Å². The lowest BCUT2D eigenvalue weighted by atomic mass is 9.68. The minimum atomic E-state index is 1.00. The Hall–Kier alpha value is -0.0400. The second-order valence-corrected chi connectivity index (χ2v) is 4.87. The molecule has 76 valence electrons. The summed E-state index contributed by atoms with van der Waals surface area (Å²) in [5.41, 5.74) is 0. The second-order valence-electron chi connectivity index (χ2n) is 4.87. The highest BCUT2D eigenvalue weighted by Crippen LogP contribution is 2.40. The van der Waals surface area contributed by atoms with E-state index in [-0.39, 0.29) is 0 Å². The molecule has 1 heteroatoms. The monoisotopic (exact) mass is 181 g/mol. The topological polar surface area (TPSA) is 12.0 Å². The van der Waals surface area contributed by atoms with Gasteiger partial charge in [-0.15, -0.1) is 0 Å². The minimum Gasteiger partial charge on any atom is -0.316 e. The molecule has 2 rings (SSSR count). The molecular formula is C12H23N. The third-order valence-electron chi connectivity index (χ3n) is 4.17. The summed E-state index contributed by atoms with van der Waals surface area (Å²) < 4.78 is 0. The smallest absolute Gasteiger partial charge is 0.00178 e. The van der Waals surface area contributed by atoms with E-state index < -0.39 is 0 Å². The van der Waals surface area contributed by atoms with Gasteiger partial charge < -0.3 is 5.32 Å². The Bertz CT molecular complexity index is 145. The summed E-state index contributed by atoms with van der Waals surface area (Å²) >= 11 is 0. The molecule has 0 amide bonds. The van der Waals surface area contributed by atoms with E-state index >= 15 is 0 Å². The van der Waals surface area contributed by atoms with E-state index in [1.165, 1.54) is 51.6 Å². The fraction of sp³-hybridized carbons (Fsp3) is 1.00. The molecule has 1 heterocycles. The van der Waals surface area contributed by atoms with Crippen molar-refractivity contribution >= 4 is 0 Å². The highest BCUT2D eigenvalue weighted by molar-refractivity contribution is 4.84. The van der Waals surface area contributed by atoms with Crippen LogP contribution in [0.2, 0.25) is 0 Å². The maximum absolute atomic E-state index is 3.55. The van der Waals surface area contributed by atoms with E-state index in [0.717, 1.165) is 17.8 Å². The van der Waals surface area contributed by atoms with Crippen LogP contribution in [0.25, 0.3) is 0 Å². The molecule has 2 fully saturated rings. The number of hydrogen-bond donors (Lipinski definition) is 1. The number of piperidine rings is 1. The molecular weight excluding hydrogens is 158 g/mol. The largest absolute Gasteiger partial charge is 0.316 e. The molecule has 1 saturated carbocycles. The van der Waals surface area contributed by atoms with Gasteiger partial charge in [0.1, 0.15) is 0 Å². The van der Waals surface area contributed by atoms with E-state index in [1.807, 2.05) is 0 Å². The summed E-state index contributed by atoms with van der Waals surface area (Å²) in [7, 11) is 0. The van der Waals surface area contributed by atoms with Gasteiger partial charge >= 0.3 is 0 Å². The first-order valence-corrected chi connectivity index (χ1v) is 6.12. The van der Waals surface area contributed by atoms with Crippen LogP contribution in [0.3, 0.4) is 0 Å². The molecule has 0 aromatic carbocycles. The second kappa shape index (κ2) is 4.45. The van der Waals surface area contributed by atoms with Gasteiger partial charge in [0, 0.05) is 0 Å². The lowest BCUT2D eigenvalue weighted by Crippen LogP contribution is -2.38. The first-order valence-electron chi connectivity index (χ1n) is 6.12. The molecule has 0 spiro atoms.